The Bertz CT molecular complexity index is 1660. The van der Waals surface area contributed by atoms with Gasteiger partial charge in [-0.05, 0) is 59.8 Å². The van der Waals surface area contributed by atoms with Crippen LogP contribution in [0, 0.1) is 0 Å². The molecule has 1 unspecified atom stereocenters. The van der Waals surface area contributed by atoms with Crippen molar-refractivity contribution in [2.45, 2.75) is 13.0 Å². The first-order chi connectivity index (χ1) is 18.5. The van der Waals surface area contributed by atoms with Gasteiger partial charge in [0.25, 0.3) is 5.91 Å². The topological polar surface area (TPSA) is 146 Å². The molecule has 0 aliphatic carbocycles. The number of halogens is 1. The van der Waals surface area contributed by atoms with E-state index in [9.17, 15) is 4.79 Å². The number of carbonyl (C=O) groups is 1. The number of H-pyrrole nitrogens is 1. The summed E-state index contributed by atoms with van der Waals surface area (Å²) < 4.78 is 5.78. The second-order valence-corrected chi connectivity index (χ2v) is 8.87. The summed E-state index contributed by atoms with van der Waals surface area (Å²) in [5.74, 6) is 0.587. The third-order valence-electron chi connectivity index (χ3n) is 5.97. The number of aromatic amines is 1. The Morgan fingerprint density at radius 3 is 2.58 bits per heavy atom. The molecule has 5 aromatic rings. The van der Waals surface area contributed by atoms with E-state index in [2.05, 4.69) is 41.6 Å². The highest BCUT2D eigenvalue weighted by atomic mass is 35.5. The van der Waals surface area contributed by atoms with Crippen molar-refractivity contribution in [3.63, 3.8) is 0 Å². The van der Waals surface area contributed by atoms with Gasteiger partial charge in [0, 0.05) is 27.5 Å². The Hall–Kier alpha value is -5.03. The molecule has 0 radical (unpaired) electrons. The van der Waals surface area contributed by atoms with E-state index in [-0.39, 0.29) is 11.9 Å². The fourth-order valence-corrected chi connectivity index (χ4v) is 4.41. The molecule has 6 rings (SSSR count). The standard InChI is InChI=1S/C26H20ClN9O2/c1-14-21(24(37)29-16-12-10-15(11-13-16)23-33-35-36-34-23)22(17-6-2-3-7-18(17)27)31-25(28-14)32-26-30-19-8-4-5-9-20(19)38-26/h2-13,22H,1H3,(H,29,37)(H2,28,30,31,32)(H,33,34,35,36). The first kappa shape index (κ1) is 23.4. The van der Waals surface area contributed by atoms with E-state index in [0.29, 0.717) is 50.4 Å². The lowest BCUT2D eigenvalue weighted by Gasteiger charge is -2.27. The smallest absolute Gasteiger partial charge is 0.302 e. The number of hydrogen-bond donors (Lipinski definition) is 4. The van der Waals surface area contributed by atoms with E-state index in [4.69, 9.17) is 21.0 Å². The molecule has 1 aliphatic heterocycles. The third kappa shape index (κ3) is 4.58. The molecule has 2 aromatic heterocycles. The number of allylic oxidation sites excluding steroid dienone is 1. The van der Waals surface area contributed by atoms with E-state index in [1.807, 2.05) is 54.6 Å². The fraction of sp³-hybridized carbons (Fsp3) is 0.0769. The zero-order valence-corrected chi connectivity index (χ0v) is 20.7. The summed E-state index contributed by atoms with van der Waals surface area (Å²) in [7, 11) is 0. The number of oxazole rings is 1. The van der Waals surface area contributed by atoms with E-state index in [1.165, 1.54) is 0 Å². The number of hydrogen-bond acceptors (Lipinski definition) is 9. The van der Waals surface area contributed by atoms with Crippen molar-refractivity contribution in [2.75, 3.05) is 10.6 Å². The molecule has 0 saturated heterocycles. The van der Waals surface area contributed by atoms with Crippen molar-refractivity contribution < 1.29 is 9.21 Å². The zero-order chi connectivity index (χ0) is 26.1. The predicted molar refractivity (Wildman–Crippen MR) is 143 cm³/mol. The molecule has 1 atom stereocenters. The average Bonchev–Trinajstić information content (AvgIpc) is 3.59. The molecule has 1 aliphatic rings. The number of rotatable bonds is 5. The number of carbonyl (C=O) groups excluding carboxylic acids is 1. The van der Waals surface area contributed by atoms with Crippen molar-refractivity contribution in [2.24, 2.45) is 4.99 Å². The monoisotopic (exact) mass is 525 g/mol. The predicted octanol–water partition coefficient (Wildman–Crippen LogP) is 4.69. The van der Waals surface area contributed by atoms with Crippen molar-refractivity contribution in [1.29, 1.82) is 0 Å². The molecular formula is C26H20ClN9O2. The number of aromatic nitrogens is 5. The van der Waals surface area contributed by atoms with Crippen LogP contribution in [-0.4, -0.2) is 37.5 Å². The van der Waals surface area contributed by atoms with E-state index in [1.54, 1.807) is 25.1 Å². The van der Waals surface area contributed by atoms with Gasteiger partial charge in [0.05, 0.1) is 5.57 Å². The Balaban J connectivity index is 1.29. The molecule has 4 N–H and O–H groups in total. The highest BCUT2D eigenvalue weighted by Crippen LogP contribution is 2.35. The molecule has 3 heterocycles. The lowest BCUT2D eigenvalue weighted by molar-refractivity contribution is -0.113. The summed E-state index contributed by atoms with van der Waals surface area (Å²) in [6.07, 6.45) is 0. The summed E-state index contributed by atoms with van der Waals surface area (Å²) in [6, 6.07) is 21.5. The molecule has 0 saturated carbocycles. The molecule has 3 aromatic carbocycles. The van der Waals surface area contributed by atoms with E-state index in [0.717, 1.165) is 5.56 Å². The Morgan fingerprint density at radius 2 is 1.82 bits per heavy atom. The molecule has 12 heteroatoms. The van der Waals surface area contributed by atoms with Crippen molar-refractivity contribution in [3.8, 4) is 11.4 Å². The summed E-state index contributed by atoms with van der Waals surface area (Å²) in [6.45, 7) is 1.81. The van der Waals surface area contributed by atoms with Gasteiger partial charge in [0.15, 0.2) is 11.4 Å². The van der Waals surface area contributed by atoms with Gasteiger partial charge in [-0.25, -0.2) is 10.1 Å². The van der Waals surface area contributed by atoms with Gasteiger partial charge in [-0.15, -0.1) is 5.10 Å². The molecule has 1 amide bonds. The first-order valence-corrected chi connectivity index (χ1v) is 12.0. The minimum absolute atomic E-state index is 0.276. The molecule has 38 heavy (non-hydrogen) atoms. The number of benzene rings is 3. The van der Waals surface area contributed by atoms with Crippen LogP contribution in [0.15, 0.2) is 93.5 Å². The van der Waals surface area contributed by atoms with Gasteiger partial charge in [0.2, 0.25) is 5.96 Å². The van der Waals surface area contributed by atoms with Crippen LogP contribution in [0.2, 0.25) is 5.02 Å². The Kier molecular flexibility index (Phi) is 6.02. The van der Waals surface area contributed by atoms with Gasteiger partial charge in [-0.2, -0.15) is 4.98 Å². The molecule has 11 nitrogen and oxygen atoms in total. The van der Waals surface area contributed by atoms with Crippen LogP contribution in [0.3, 0.4) is 0 Å². The third-order valence-corrected chi connectivity index (χ3v) is 6.31. The maximum atomic E-state index is 13.6. The van der Waals surface area contributed by atoms with Gasteiger partial charge >= 0.3 is 6.01 Å². The van der Waals surface area contributed by atoms with Crippen LogP contribution >= 0.6 is 11.6 Å². The molecule has 0 spiro atoms. The van der Waals surface area contributed by atoms with Crippen LogP contribution in [0.1, 0.15) is 18.5 Å². The number of amides is 1. The summed E-state index contributed by atoms with van der Waals surface area (Å²) >= 11 is 6.55. The number of nitrogens with one attached hydrogen (secondary N) is 4. The second-order valence-electron chi connectivity index (χ2n) is 8.46. The van der Waals surface area contributed by atoms with E-state index < -0.39 is 6.04 Å². The number of nitrogens with zero attached hydrogens (tertiary/aromatic N) is 5. The van der Waals surface area contributed by atoms with Gasteiger partial charge in [0.1, 0.15) is 11.6 Å². The van der Waals surface area contributed by atoms with Crippen molar-refractivity contribution >= 4 is 46.3 Å². The largest absolute Gasteiger partial charge is 0.423 e. The van der Waals surface area contributed by atoms with Crippen LogP contribution in [0.25, 0.3) is 22.5 Å². The lowest BCUT2D eigenvalue weighted by atomic mass is 9.95. The number of tetrazole rings is 1. The van der Waals surface area contributed by atoms with Crippen molar-refractivity contribution in [3.05, 3.63) is 94.7 Å². The summed E-state index contributed by atoms with van der Waals surface area (Å²) in [4.78, 5) is 22.8. The highest BCUT2D eigenvalue weighted by molar-refractivity contribution is 6.31. The van der Waals surface area contributed by atoms with Gasteiger partial charge in [-0.1, -0.05) is 41.9 Å². The quantitative estimate of drug-likeness (QED) is 0.258. The normalized spacial score (nSPS) is 15.2. The van der Waals surface area contributed by atoms with Crippen molar-refractivity contribution in [1.82, 2.24) is 30.9 Å². The molecule has 0 fully saturated rings. The number of anilines is 2. The zero-order valence-electron chi connectivity index (χ0n) is 19.9. The lowest BCUT2D eigenvalue weighted by Crippen LogP contribution is -2.37. The minimum atomic E-state index is -0.684. The molecular weight excluding hydrogens is 506 g/mol. The minimum Gasteiger partial charge on any atom is -0.423 e. The fourth-order valence-electron chi connectivity index (χ4n) is 4.17. The van der Waals surface area contributed by atoms with E-state index >= 15 is 0 Å². The number of para-hydroxylation sites is 2. The summed E-state index contributed by atoms with van der Waals surface area (Å²) in [5.41, 5.74) is 4.46. The SMILES string of the molecule is CC1=C(C(=O)Nc2ccc(-c3nnn[nH]3)cc2)C(c2ccccc2Cl)N=C(Nc2nc3ccccc3o2)N1. The average molecular weight is 526 g/mol. The van der Waals surface area contributed by atoms with Crippen LogP contribution in [-0.2, 0) is 4.79 Å². The van der Waals surface area contributed by atoms with Crippen LogP contribution < -0.4 is 16.0 Å². The maximum absolute atomic E-state index is 13.6. The summed E-state index contributed by atoms with van der Waals surface area (Å²) in [5, 5.41) is 23.5. The van der Waals surface area contributed by atoms with Crippen LogP contribution in [0.5, 0.6) is 0 Å². The van der Waals surface area contributed by atoms with Gasteiger partial charge < -0.3 is 15.1 Å². The molecule has 188 valence electrons. The Labute approximate surface area is 221 Å². The maximum Gasteiger partial charge on any atom is 0.302 e. The van der Waals surface area contributed by atoms with Gasteiger partial charge in [-0.3, -0.25) is 10.1 Å². The number of guanidine groups is 1. The van der Waals surface area contributed by atoms with Crippen LogP contribution in [0.4, 0.5) is 11.7 Å². The molecule has 0 bridgehead atoms. The Morgan fingerprint density at radius 1 is 1.03 bits per heavy atom. The second kappa shape index (κ2) is 9.79. The first-order valence-electron chi connectivity index (χ1n) is 11.6. The number of aliphatic imine (C=N–C) groups is 1. The number of fused-ring (bicyclic) bond motifs is 1. The highest BCUT2D eigenvalue weighted by Gasteiger charge is 2.31.